The first-order chi connectivity index (χ1) is 9.41. The van der Waals surface area contributed by atoms with Crippen molar-refractivity contribution in [1.29, 1.82) is 0 Å². The van der Waals surface area contributed by atoms with E-state index in [1.54, 1.807) is 25.1 Å². The minimum atomic E-state index is -1.06. The standard InChI is InChI=1S/C14H11Cl2NO3/c1-7-12(16)9(15)6-11(18)13(7)17-10-5-3-2-4-8(10)14(19)20/h2-6,17-18H,1H3,(H,19,20). The Morgan fingerprint density at radius 3 is 2.55 bits per heavy atom. The van der Waals surface area contributed by atoms with E-state index in [4.69, 9.17) is 28.3 Å². The van der Waals surface area contributed by atoms with Gasteiger partial charge in [0.2, 0.25) is 0 Å². The molecule has 0 radical (unpaired) electrons. The highest BCUT2D eigenvalue weighted by atomic mass is 35.5. The van der Waals surface area contributed by atoms with Crippen LogP contribution in [0.5, 0.6) is 5.75 Å². The Balaban J connectivity index is 2.51. The number of para-hydroxylation sites is 1. The number of carboxylic acid groups (broad SMARTS) is 1. The topological polar surface area (TPSA) is 69.6 Å². The van der Waals surface area contributed by atoms with Crippen LogP contribution in [-0.2, 0) is 0 Å². The maximum Gasteiger partial charge on any atom is 0.337 e. The molecule has 0 bridgehead atoms. The summed E-state index contributed by atoms with van der Waals surface area (Å²) in [5.74, 6) is -1.16. The zero-order valence-corrected chi connectivity index (χ0v) is 12.0. The number of aromatic carboxylic acids is 1. The number of nitrogens with one attached hydrogen (secondary N) is 1. The Kier molecular flexibility index (Phi) is 4.06. The monoisotopic (exact) mass is 311 g/mol. The van der Waals surface area contributed by atoms with Gasteiger partial charge < -0.3 is 15.5 Å². The molecule has 0 heterocycles. The van der Waals surface area contributed by atoms with E-state index in [2.05, 4.69) is 5.32 Å². The zero-order valence-electron chi connectivity index (χ0n) is 10.4. The highest BCUT2D eigenvalue weighted by molar-refractivity contribution is 6.43. The maximum absolute atomic E-state index is 11.2. The fraction of sp³-hybridized carbons (Fsp3) is 0.0714. The van der Waals surface area contributed by atoms with Crippen LogP contribution in [0.4, 0.5) is 11.4 Å². The third-order valence-electron chi connectivity index (χ3n) is 2.85. The van der Waals surface area contributed by atoms with Crippen molar-refractivity contribution in [1.82, 2.24) is 0 Å². The fourth-order valence-electron chi connectivity index (χ4n) is 1.81. The summed E-state index contributed by atoms with van der Waals surface area (Å²) < 4.78 is 0. The van der Waals surface area contributed by atoms with Gasteiger partial charge in [-0.15, -0.1) is 0 Å². The van der Waals surface area contributed by atoms with Crippen LogP contribution in [0.2, 0.25) is 10.0 Å². The number of anilines is 2. The van der Waals surface area contributed by atoms with Crippen molar-refractivity contribution in [3.05, 3.63) is 51.5 Å². The summed E-state index contributed by atoms with van der Waals surface area (Å²) in [5, 5.41) is 22.5. The van der Waals surface area contributed by atoms with Crippen LogP contribution in [0.15, 0.2) is 30.3 Å². The predicted molar refractivity (Wildman–Crippen MR) is 79.5 cm³/mol. The number of rotatable bonds is 3. The molecule has 0 saturated carbocycles. The molecule has 0 unspecified atom stereocenters. The van der Waals surface area contributed by atoms with Crippen LogP contribution in [0.25, 0.3) is 0 Å². The number of hydrogen-bond donors (Lipinski definition) is 3. The number of carboxylic acids is 1. The normalized spacial score (nSPS) is 10.3. The Bertz CT molecular complexity index is 686. The van der Waals surface area contributed by atoms with Crippen molar-refractivity contribution in [2.45, 2.75) is 6.92 Å². The van der Waals surface area contributed by atoms with Crippen LogP contribution in [0, 0.1) is 6.92 Å². The van der Waals surface area contributed by atoms with Crippen molar-refractivity contribution >= 4 is 40.5 Å². The third-order valence-corrected chi connectivity index (χ3v) is 3.73. The summed E-state index contributed by atoms with van der Waals surface area (Å²) in [7, 11) is 0. The van der Waals surface area contributed by atoms with Gasteiger partial charge in [-0.25, -0.2) is 4.79 Å². The van der Waals surface area contributed by atoms with Crippen molar-refractivity contribution in [2.75, 3.05) is 5.32 Å². The predicted octanol–water partition coefficient (Wildman–Crippen LogP) is 4.45. The van der Waals surface area contributed by atoms with Crippen LogP contribution in [-0.4, -0.2) is 16.2 Å². The van der Waals surface area contributed by atoms with Gasteiger partial charge in [0, 0.05) is 6.07 Å². The summed E-state index contributed by atoms with van der Waals surface area (Å²) in [6.45, 7) is 1.68. The van der Waals surface area contributed by atoms with Crippen LogP contribution in [0.3, 0.4) is 0 Å². The molecule has 0 saturated heterocycles. The smallest absolute Gasteiger partial charge is 0.337 e. The lowest BCUT2D eigenvalue weighted by Gasteiger charge is -2.15. The molecule has 6 heteroatoms. The van der Waals surface area contributed by atoms with Gasteiger partial charge in [0.05, 0.1) is 27.0 Å². The molecular formula is C14H11Cl2NO3. The molecule has 20 heavy (non-hydrogen) atoms. The van der Waals surface area contributed by atoms with Gasteiger partial charge in [0.1, 0.15) is 5.75 Å². The average molecular weight is 312 g/mol. The van der Waals surface area contributed by atoms with E-state index >= 15 is 0 Å². The first kappa shape index (κ1) is 14.5. The van der Waals surface area contributed by atoms with Crippen molar-refractivity contribution in [2.24, 2.45) is 0 Å². The first-order valence-corrected chi connectivity index (χ1v) is 6.44. The number of phenols is 1. The van der Waals surface area contributed by atoms with Crippen LogP contribution >= 0.6 is 23.2 Å². The number of aromatic hydroxyl groups is 1. The SMILES string of the molecule is Cc1c(Cl)c(Cl)cc(O)c1Nc1ccccc1C(=O)O. The van der Waals surface area contributed by atoms with E-state index < -0.39 is 5.97 Å². The van der Waals surface area contributed by atoms with Gasteiger partial charge in [0.25, 0.3) is 0 Å². The van der Waals surface area contributed by atoms with E-state index in [-0.39, 0.29) is 16.3 Å². The Hall–Kier alpha value is -1.91. The lowest BCUT2D eigenvalue weighted by atomic mass is 10.1. The Morgan fingerprint density at radius 1 is 1.25 bits per heavy atom. The quantitative estimate of drug-likeness (QED) is 0.732. The minimum absolute atomic E-state index is 0.0948. The molecule has 0 spiro atoms. The van der Waals surface area contributed by atoms with Crippen LogP contribution in [0.1, 0.15) is 15.9 Å². The zero-order chi connectivity index (χ0) is 14.9. The molecule has 3 N–H and O–H groups in total. The molecule has 0 amide bonds. The van der Waals surface area contributed by atoms with Crippen molar-refractivity contribution in [3.8, 4) is 5.75 Å². The highest BCUT2D eigenvalue weighted by Crippen LogP contribution is 2.39. The van der Waals surface area contributed by atoms with Gasteiger partial charge in [0.15, 0.2) is 0 Å². The summed E-state index contributed by atoms with van der Waals surface area (Å²) in [6, 6.07) is 7.69. The van der Waals surface area contributed by atoms with Crippen LogP contribution < -0.4 is 5.32 Å². The average Bonchev–Trinajstić information content (AvgIpc) is 2.41. The summed E-state index contributed by atoms with van der Waals surface area (Å²) in [4.78, 5) is 11.2. The Labute approximate surface area is 125 Å². The summed E-state index contributed by atoms with van der Waals surface area (Å²) in [5.41, 5.74) is 1.32. The van der Waals surface area contributed by atoms with Crippen molar-refractivity contribution < 1.29 is 15.0 Å². The maximum atomic E-state index is 11.2. The molecule has 0 fully saturated rings. The van der Waals surface area contributed by atoms with E-state index in [1.165, 1.54) is 12.1 Å². The number of phenolic OH excluding ortho intramolecular Hbond substituents is 1. The minimum Gasteiger partial charge on any atom is -0.506 e. The Morgan fingerprint density at radius 2 is 1.90 bits per heavy atom. The van der Waals surface area contributed by atoms with Gasteiger partial charge >= 0.3 is 5.97 Å². The van der Waals surface area contributed by atoms with E-state index in [1.807, 2.05) is 0 Å². The van der Waals surface area contributed by atoms with E-state index in [0.717, 1.165) is 0 Å². The summed E-state index contributed by atoms with van der Waals surface area (Å²) in [6.07, 6.45) is 0. The third kappa shape index (κ3) is 2.66. The lowest BCUT2D eigenvalue weighted by molar-refractivity contribution is 0.0698. The molecule has 2 aromatic rings. The molecule has 2 rings (SSSR count). The largest absolute Gasteiger partial charge is 0.506 e. The van der Waals surface area contributed by atoms with Gasteiger partial charge in [-0.05, 0) is 24.6 Å². The number of hydrogen-bond acceptors (Lipinski definition) is 3. The molecule has 104 valence electrons. The first-order valence-electron chi connectivity index (χ1n) is 5.68. The van der Waals surface area contributed by atoms with Gasteiger partial charge in [-0.3, -0.25) is 0 Å². The fourth-order valence-corrected chi connectivity index (χ4v) is 2.20. The number of benzene rings is 2. The van der Waals surface area contributed by atoms with E-state index in [9.17, 15) is 9.90 Å². The lowest BCUT2D eigenvalue weighted by Crippen LogP contribution is -2.03. The second-order valence-corrected chi connectivity index (χ2v) is 4.95. The molecule has 2 aromatic carbocycles. The number of carbonyl (C=O) groups is 1. The second kappa shape index (κ2) is 5.61. The molecule has 0 aliphatic rings. The molecular weight excluding hydrogens is 301 g/mol. The molecule has 0 atom stereocenters. The highest BCUT2D eigenvalue weighted by Gasteiger charge is 2.15. The summed E-state index contributed by atoms with van der Waals surface area (Å²) >= 11 is 11.9. The van der Waals surface area contributed by atoms with Gasteiger partial charge in [-0.1, -0.05) is 35.3 Å². The molecule has 4 nitrogen and oxygen atoms in total. The number of halogens is 2. The van der Waals surface area contributed by atoms with Gasteiger partial charge in [-0.2, -0.15) is 0 Å². The molecule has 0 aliphatic carbocycles. The van der Waals surface area contributed by atoms with E-state index in [0.29, 0.717) is 22.0 Å². The molecule has 0 aromatic heterocycles. The second-order valence-electron chi connectivity index (χ2n) is 4.17. The molecule has 0 aliphatic heterocycles. The van der Waals surface area contributed by atoms with Crippen molar-refractivity contribution in [3.63, 3.8) is 0 Å².